The molecule has 46 valence electrons. The lowest BCUT2D eigenvalue weighted by Crippen LogP contribution is -2.03. The van der Waals surface area contributed by atoms with E-state index in [1.807, 2.05) is 0 Å². The Morgan fingerprint density at radius 1 is 1.00 bits per heavy atom. The van der Waals surface area contributed by atoms with Gasteiger partial charge in [0, 0.05) is 0 Å². The van der Waals surface area contributed by atoms with Gasteiger partial charge in [0.05, 0.1) is 0 Å². The molecule has 1 heterocycles. The molecule has 7 heavy (non-hydrogen) atoms. The van der Waals surface area contributed by atoms with Crippen LogP contribution in [0.25, 0.3) is 0 Å². The minimum absolute atomic E-state index is 0. The Bertz CT molecular complexity index is 23.3. The molecule has 1 saturated heterocycles. The summed E-state index contributed by atoms with van der Waals surface area (Å²) >= 11 is 0. The summed E-state index contributed by atoms with van der Waals surface area (Å²) in [6.07, 6.45) is 2.78. The average molecular weight is 126 g/mol. The normalized spacial score (nSPS) is 17.1. The highest BCUT2D eigenvalue weighted by Gasteiger charge is 1.93. The molecule has 0 aromatic heterocycles. The van der Waals surface area contributed by atoms with E-state index in [1.54, 1.807) is 0 Å². The molecule has 3 heteroatoms. The Hall–Kier alpha value is 0.210. The maximum atomic E-state index is 3.22. The fourth-order valence-electron chi connectivity index (χ4n) is 0.625. The molecule has 0 aromatic rings. The van der Waals surface area contributed by atoms with E-state index in [9.17, 15) is 0 Å². The van der Waals surface area contributed by atoms with Gasteiger partial charge in [-0.05, 0) is 25.9 Å². The monoisotopic (exact) mass is 125 g/mol. The maximum absolute atomic E-state index is 3.22. The lowest BCUT2D eigenvalue weighted by atomic mass is 10.4. The van der Waals surface area contributed by atoms with Gasteiger partial charge in [0.2, 0.25) is 0 Å². The highest BCUT2D eigenvalue weighted by atomic mass is 35.5. The Morgan fingerprint density at radius 3 is 1.57 bits per heavy atom. The van der Waals surface area contributed by atoms with Crippen molar-refractivity contribution in [2.75, 3.05) is 13.1 Å². The molecule has 0 amide bonds. The first-order chi connectivity index (χ1) is 2.50. The zero-order valence-corrected chi connectivity index (χ0v) is 5.05. The second kappa shape index (κ2) is 6.21. The smallest absolute Gasteiger partial charge is 0.00484 e. The van der Waals surface area contributed by atoms with Crippen molar-refractivity contribution in [3.05, 3.63) is 0 Å². The van der Waals surface area contributed by atoms with Gasteiger partial charge in [-0.1, -0.05) is 0 Å². The van der Waals surface area contributed by atoms with Gasteiger partial charge in [0.15, 0.2) is 0 Å². The Morgan fingerprint density at radius 2 is 1.43 bits per heavy atom. The molecule has 0 radical (unpaired) electrons. The lowest BCUT2D eigenvalue weighted by Gasteiger charge is -1.76. The summed E-state index contributed by atoms with van der Waals surface area (Å²) < 4.78 is 0. The summed E-state index contributed by atoms with van der Waals surface area (Å²) in [6, 6.07) is 0. The number of nitrogens with one attached hydrogen (secondary N) is 1. The second-order valence-corrected chi connectivity index (χ2v) is 1.46. The molecule has 0 aromatic carbocycles. The first kappa shape index (κ1) is 10.2. The zero-order chi connectivity index (χ0) is 3.54. The largest absolute Gasteiger partial charge is 0.412 e. The van der Waals surface area contributed by atoms with Crippen molar-refractivity contribution in [1.82, 2.24) is 5.32 Å². The molecule has 0 unspecified atom stereocenters. The van der Waals surface area contributed by atoms with Crippen molar-refractivity contribution in [2.24, 2.45) is 0 Å². The van der Waals surface area contributed by atoms with Crippen molar-refractivity contribution in [3.8, 4) is 0 Å². The molecule has 0 saturated carbocycles. The van der Waals surface area contributed by atoms with Crippen molar-refractivity contribution in [2.45, 2.75) is 12.8 Å². The van der Waals surface area contributed by atoms with Gasteiger partial charge >= 0.3 is 0 Å². The lowest BCUT2D eigenvalue weighted by molar-refractivity contribution is 0.824. The third-order valence-corrected chi connectivity index (χ3v) is 0.957. The van der Waals surface area contributed by atoms with Gasteiger partial charge < -0.3 is 10.8 Å². The molecule has 0 atom stereocenters. The average Bonchev–Trinajstić information content (AvgIpc) is 1.76. The van der Waals surface area contributed by atoms with Gasteiger partial charge in [-0.15, -0.1) is 12.4 Å². The van der Waals surface area contributed by atoms with Crippen LogP contribution in [0.15, 0.2) is 0 Å². The van der Waals surface area contributed by atoms with E-state index >= 15 is 0 Å². The van der Waals surface area contributed by atoms with E-state index in [0.717, 1.165) is 0 Å². The molecule has 1 rings (SSSR count). The quantitative estimate of drug-likeness (QED) is 0.486. The minimum Gasteiger partial charge on any atom is -0.412 e. The summed E-state index contributed by atoms with van der Waals surface area (Å²) in [7, 11) is 0. The summed E-state index contributed by atoms with van der Waals surface area (Å²) in [6.45, 7) is 2.50. The molecular formula is C4H12ClNO. The molecular weight excluding hydrogens is 114 g/mol. The summed E-state index contributed by atoms with van der Waals surface area (Å²) in [5.74, 6) is 0. The summed E-state index contributed by atoms with van der Waals surface area (Å²) in [5, 5.41) is 3.22. The zero-order valence-electron chi connectivity index (χ0n) is 4.24. The fraction of sp³-hybridized carbons (Fsp3) is 1.00. The maximum Gasteiger partial charge on any atom is -0.00484 e. The van der Waals surface area contributed by atoms with Crippen molar-refractivity contribution in [3.63, 3.8) is 0 Å². The number of hydrogen-bond donors (Lipinski definition) is 1. The van der Waals surface area contributed by atoms with Crippen molar-refractivity contribution < 1.29 is 5.48 Å². The highest BCUT2D eigenvalue weighted by Crippen LogP contribution is 1.90. The van der Waals surface area contributed by atoms with E-state index in [-0.39, 0.29) is 17.9 Å². The topological polar surface area (TPSA) is 43.5 Å². The van der Waals surface area contributed by atoms with E-state index in [2.05, 4.69) is 5.32 Å². The molecule has 2 nitrogen and oxygen atoms in total. The Labute approximate surface area is 50.0 Å². The van der Waals surface area contributed by atoms with Crippen molar-refractivity contribution >= 4 is 12.4 Å². The van der Waals surface area contributed by atoms with Crippen LogP contribution >= 0.6 is 12.4 Å². The predicted molar refractivity (Wildman–Crippen MR) is 33.0 cm³/mol. The molecule has 1 aliphatic rings. The van der Waals surface area contributed by atoms with Crippen LogP contribution < -0.4 is 5.32 Å². The first-order valence-corrected chi connectivity index (χ1v) is 2.21. The van der Waals surface area contributed by atoms with Crippen LogP contribution in [0.3, 0.4) is 0 Å². The Kier molecular flexibility index (Phi) is 9.09. The molecule has 0 aliphatic carbocycles. The molecule has 1 aliphatic heterocycles. The van der Waals surface area contributed by atoms with Gasteiger partial charge in [-0.3, -0.25) is 0 Å². The van der Waals surface area contributed by atoms with Crippen LogP contribution in [-0.2, 0) is 0 Å². The SMILES string of the molecule is C1CCNC1.Cl.O. The number of rotatable bonds is 0. The van der Waals surface area contributed by atoms with E-state index in [1.165, 1.54) is 25.9 Å². The van der Waals surface area contributed by atoms with Crippen LogP contribution in [0.4, 0.5) is 0 Å². The van der Waals surface area contributed by atoms with Crippen molar-refractivity contribution in [1.29, 1.82) is 0 Å². The standard InChI is InChI=1S/C4H9N.ClH.H2O/c1-2-4-5-3-1;;/h5H,1-4H2;1H;1H2. The highest BCUT2D eigenvalue weighted by molar-refractivity contribution is 5.85. The van der Waals surface area contributed by atoms with Crippen LogP contribution in [0, 0.1) is 0 Å². The molecule has 0 spiro atoms. The van der Waals surface area contributed by atoms with Crippen LogP contribution in [0.5, 0.6) is 0 Å². The van der Waals surface area contributed by atoms with Gasteiger partial charge in [-0.25, -0.2) is 0 Å². The Balaban J connectivity index is 0. The summed E-state index contributed by atoms with van der Waals surface area (Å²) in [5.41, 5.74) is 0. The van der Waals surface area contributed by atoms with Crippen LogP contribution in [-0.4, -0.2) is 18.6 Å². The molecule has 1 fully saturated rings. The van der Waals surface area contributed by atoms with Gasteiger partial charge in [-0.2, -0.15) is 0 Å². The predicted octanol–water partition coefficient (Wildman–Crippen LogP) is -0.0331. The molecule has 3 N–H and O–H groups in total. The van der Waals surface area contributed by atoms with Crippen LogP contribution in [0.1, 0.15) is 12.8 Å². The van der Waals surface area contributed by atoms with E-state index in [4.69, 9.17) is 0 Å². The van der Waals surface area contributed by atoms with E-state index < -0.39 is 0 Å². The van der Waals surface area contributed by atoms with Gasteiger partial charge in [0.1, 0.15) is 0 Å². The number of hydrogen-bond acceptors (Lipinski definition) is 1. The third-order valence-electron chi connectivity index (χ3n) is 0.957. The fourth-order valence-corrected chi connectivity index (χ4v) is 0.625. The number of halogens is 1. The minimum atomic E-state index is 0. The van der Waals surface area contributed by atoms with E-state index in [0.29, 0.717) is 0 Å². The van der Waals surface area contributed by atoms with Gasteiger partial charge in [0.25, 0.3) is 0 Å². The third kappa shape index (κ3) is 4.05. The first-order valence-electron chi connectivity index (χ1n) is 2.21. The molecule has 0 bridgehead atoms. The second-order valence-electron chi connectivity index (χ2n) is 1.46. The summed E-state index contributed by atoms with van der Waals surface area (Å²) in [4.78, 5) is 0. The van der Waals surface area contributed by atoms with Crippen LogP contribution in [0.2, 0.25) is 0 Å².